The number of carbonyl (C=O) groups excluding carboxylic acids is 2. The Labute approximate surface area is 332 Å². The minimum atomic E-state index is -1.70. The van der Waals surface area contributed by atoms with Crippen molar-refractivity contribution in [2.75, 3.05) is 13.1 Å². The van der Waals surface area contributed by atoms with E-state index in [0.29, 0.717) is 36.8 Å². The van der Waals surface area contributed by atoms with Gasteiger partial charge in [0.05, 0.1) is 12.1 Å². The largest absolute Gasteiger partial charge is 0.366 e. The number of aryl methyl sites for hydroxylation is 2. The van der Waals surface area contributed by atoms with Crippen LogP contribution < -0.4 is 0 Å². The summed E-state index contributed by atoms with van der Waals surface area (Å²) >= 11 is 0. The van der Waals surface area contributed by atoms with Gasteiger partial charge in [-0.3, -0.25) is 9.59 Å². The van der Waals surface area contributed by atoms with Crippen LogP contribution in [0, 0.1) is 59.2 Å². The molecule has 8 nitrogen and oxygen atoms in total. The lowest BCUT2D eigenvalue weighted by molar-refractivity contribution is -0.230. The van der Waals surface area contributed by atoms with E-state index in [1.807, 2.05) is 151 Å². The van der Waals surface area contributed by atoms with Crippen molar-refractivity contribution in [1.82, 2.24) is 9.80 Å². The highest BCUT2D eigenvalue weighted by Gasteiger charge is 2.64. The maximum absolute atomic E-state index is 14.4. The van der Waals surface area contributed by atoms with Gasteiger partial charge in [0.25, 0.3) is 0 Å². The van der Waals surface area contributed by atoms with Crippen molar-refractivity contribution in [3.05, 3.63) is 143 Å². The third-order valence-corrected chi connectivity index (χ3v) is 12.9. The van der Waals surface area contributed by atoms with Gasteiger partial charge in [-0.25, -0.2) is 0 Å². The fourth-order valence-corrected chi connectivity index (χ4v) is 9.77. The Bertz CT molecular complexity index is 1950. The summed E-state index contributed by atoms with van der Waals surface area (Å²) in [7, 11) is 0. The number of carbonyl (C=O) groups is 2. The first kappa shape index (κ1) is 40.4. The molecular weight excluding hydrogens is 697 g/mol. The molecule has 0 aromatic heterocycles. The summed E-state index contributed by atoms with van der Waals surface area (Å²) in [5, 5.41) is 46.7. The molecule has 0 saturated carbocycles. The summed E-state index contributed by atoms with van der Waals surface area (Å²) in [6.07, 6.45) is 2.41. The maximum atomic E-state index is 14.4. The second-order valence-corrected chi connectivity index (χ2v) is 16.9. The molecule has 0 radical (unpaired) electrons. The van der Waals surface area contributed by atoms with Gasteiger partial charge < -0.3 is 20.0 Å². The van der Waals surface area contributed by atoms with Gasteiger partial charge in [-0.1, -0.05) is 161 Å². The molecule has 6 rings (SSSR count). The summed E-state index contributed by atoms with van der Waals surface area (Å²) in [4.78, 5) is 31.8. The Balaban J connectivity index is 1.24. The van der Waals surface area contributed by atoms with Gasteiger partial charge in [0.15, 0.2) is 11.4 Å². The number of piperidine rings is 2. The Hall–Kier alpha value is -5.28. The molecule has 0 bridgehead atoms. The molecule has 4 aromatic carbocycles. The minimum absolute atomic E-state index is 0.227. The first-order valence-corrected chi connectivity index (χ1v) is 19.8. The van der Waals surface area contributed by atoms with E-state index >= 15 is 0 Å². The standard InChI is InChI=1S/C48H54N4O4/c1-33-21-25-37(26-22-33)47(55)45(3,4)41(35-17-11-9-12-18-35)39(31-49)43(53)51(47)29-15-7-8-16-30-52-44(54)40(32-50)42(36-19-13-10-14-20-36)46(5,6)48(52,56)38-27-23-34(2)24-28-38/h9-14,17-28,39-42,55-56H,7-8,15-16,29-30H2,1-6H3. The molecule has 2 aliphatic rings. The highest BCUT2D eigenvalue weighted by molar-refractivity contribution is 5.86. The molecule has 6 atom stereocenters. The van der Waals surface area contributed by atoms with Crippen molar-refractivity contribution >= 4 is 11.8 Å². The number of rotatable bonds is 11. The van der Waals surface area contributed by atoms with Crippen LogP contribution in [0.3, 0.4) is 0 Å². The first-order valence-electron chi connectivity index (χ1n) is 19.8. The zero-order chi connectivity index (χ0) is 40.5. The normalized spacial score (nSPS) is 27.0. The SMILES string of the molecule is Cc1ccc(C2(O)N(CCCCCCN3C(=O)C(C#N)C(c4ccccc4)C(C)(C)C3(O)c3ccc(C)cc3)C(=O)C(C#N)C(c3ccccc3)C2(C)C)cc1. The zero-order valence-electron chi connectivity index (χ0n) is 33.4. The van der Waals surface area contributed by atoms with Gasteiger partial charge in [-0.2, -0.15) is 10.5 Å². The van der Waals surface area contributed by atoms with E-state index in [-0.39, 0.29) is 13.1 Å². The highest BCUT2D eigenvalue weighted by atomic mass is 16.3. The minimum Gasteiger partial charge on any atom is -0.366 e. The van der Waals surface area contributed by atoms with E-state index in [9.17, 15) is 30.3 Å². The Kier molecular flexibility index (Phi) is 11.3. The second-order valence-electron chi connectivity index (χ2n) is 16.9. The lowest BCUT2D eigenvalue weighted by Crippen LogP contribution is -2.66. The van der Waals surface area contributed by atoms with Gasteiger partial charge in [0.2, 0.25) is 11.8 Å². The molecule has 2 N–H and O–H groups in total. The average molecular weight is 751 g/mol. The molecule has 2 amide bonds. The van der Waals surface area contributed by atoms with Gasteiger partial charge in [0.1, 0.15) is 11.8 Å². The molecular formula is C48H54N4O4. The van der Waals surface area contributed by atoms with E-state index in [4.69, 9.17) is 0 Å². The van der Waals surface area contributed by atoms with E-state index in [1.165, 1.54) is 9.80 Å². The first-order chi connectivity index (χ1) is 26.7. The Morgan fingerprint density at radius 2 is 0.857 bits per heavy atom. The highest BCUT2D eigenvalue weighted by Crippen LogP contribution is 2.59. The molecule has 2 fully saturated rings. The van der Waals surface area contributed by atoms with Crippen LogP contribution in [-0.4, -0.2) is 44.9 Å². The molecule has 2 heterocycles. The van der Waals surface area contributed by atoms with Crippen LogP contribution >= 0.6 is 0 Å². The van der Waals surface area contributed by atoms with Gasteiger partial charge in [-0.15, -0.1) is 0 Å². The maximum Gasteiger partial charge on any atom is 0.243 e. The van der Waals surface area contributed by atoms with Crippen LogP contribution in [0.2, 0.25) is 0 Å². The van der Waals surface area contributed by atoms with Crippen LogP contribution in [0.5, 0.6) is 0 Å². The fourth-order valence-electron chi connectivity index (χ4n) is 9.77. The van der Waals surface area contributed by atoms with Crippen LogP contribution in [0.4, 0.5) is 0 Å². The lowest BCUT2D eigenvalue weighted by atomic mass is 9.58. The van der Waals surface area contributed by atoms with Crippen LogP contribution in [0.25, 0.3) is 0 Å². The topological polar surface area (TPSA) is 129 Å². The van der Waals surface area contributed by atoms with Crippen molar-refractivity contribution in [2.45, 2.75) is 90.5 Å². The Morgan fingerprint density at radius 1 is 0.536 bits per heavy atom. The molecule has 56 heavy (non-hydrogen) atoms. The summed E-state index contributed by atoms with van der Waals surface area (Å²) in [5.74, 6) is -3.88. The van der Waals surface area contributed by atoms with E-state index in [0.717, 1.165) is 22.3 Å². The number of nitriles is 2. The van der Waals surface area contributed by atoms with Crippen molar-refractivity contribution in [1.29, 1.82) is 10.5 Å². The average Bonchev–Trinajstić information content (AvgIpc) is 3.19. The van der Waals surface area contributed by atoms with E-state index in [1.54, 1.807) is 0 Å². The predicted octanol–water partition coefficient (Wildman–Crippen LogP) is 8.44. The predicted molar refractivity (Wildman–Crippen MR) is 216 cm³/mol. The fraction of sp³-hybridized carbons (Fsp3) is 0.417. The number of aliphatic hydroxyl groups is 2. The summed E-state index contributed by atoms with van der Waals surface area (Å²) in [6.45, 7) is 12.2. The molecule has 0 spiro atoms. The van der Waals surface area contributed by atoms with E-state index in [2.05, 4.69) is 12.1 Å². The molecule has 2 saturated heterocycles. The molecule has 8 heteroatoms. The monoisotopic (exact) mass is 750 g/mol. The van der Waals surface area contributed by atoms with E-state index < -0.39 is 57.8 Å². The third kappa shape index (κ3) is 6.59. The quantitative estimate of drug-likeness (QED) is 0.148. The summed E-state index contributed by atoms with van der Waals surface area (Å²) < 4.78 is 0. The second kappa shape index (κ2) is 15.7. The van der Waals surface area contributed by atoms with Crippen molar-refractivity contribution in [3.63, 3.8) is 0 Å². The zero-order valence-corrected chi connectivity index (χ0v) is 33.4. The number of benzene rings is 4. The number of hydrogen-bond acceptors (Lipinski definition) is 6. The summed E-state index contributed by atoms with van der Waals surface area (Å²) in [5.41, 5.74) is -0.395. The molecule has 6 unspecified atom stereocenters. The lowest BCUT2D eigenvalue weighted by Gasteiger charge is -2.58. The molecule has 290 valence electrons. The number of unbranched alkanes of at least 4 members (excludes halogenated alkanes) is 3. The van der Waals surface area contributed by atoms with Crippen molar-refractivity contribution < 1.29 is 19.8 Å². The van der Waals surface area contributed by atoms with Gasteiger partial charge in [0, 0.05) is 46.9 Å². The molecule has 2 aliphatic heterocycles. The smallest absolute Gasteiger partial charge is 0.243 e. The Morgan fingerprint density at radius 3 is 1.16 bits per heavy atom. The molecule has 4 aromatic rings. The van der Waals surface area contributed by atoms with Crippen LogP contribution in [0.15, 0.2) is 109 Å². The van der Waals surface area contributed by atoms with Crippen molar-refractivity contribution in [2.24, 2.45) is 22.7 Å². The molecule has 0 aliphatic carbocycles. The van der Waals surface area contributed by atoms with Gasteiger partial charge in [-0.05, 0) is 37.8 Å². The van der Waals surface area contributed by atoms with Gasteiger partial charge >= 0.3 is 0 Å². The van der Waals surface area contributed by atoms with Crippen LogP contribution in [0.1, 0.15) is 98.6 Å². The summed E-state index contributed by atoms with van der Waals surface area (Å²) in [6, 6.07) is 38.9. The third-order valence-electron chi connectivity index (χ3n) is 12.9. The number of likely N-dealkylation sites (tertiary alicyclic amines) is 2. The number of nitrogens with zero attached hydrogens (tertiary/aromatic N) is 4. The van der Waals surface area contributed by atoms with Crippen molar-refractivity contribution in [3.8, 4) is 12.1 Å². The number of amides is 2. The van der Waals surface area contributed by atoms with Crippen LogP contribution in [-0.2, 0) is 21.0 Å². The number of hydrogen-bond donors (Lipinski definition) is 2.